The molecule has 1 heterocycles. The molecule has 1 fully saturated rings. The van der Waals surface area contributed by atoms with Gasteiger partial charge in [-0.2, -0.15) is 0 Å². The molecule has 0 aromatic carbocycles. The summed E-state index contributed by atoms with van der Waals surface area (Å²) in [5.74, 6) is -2.25. The molecule has 6 nitrogen and oxygen atoms in total. The van der Waals surface area contributed by atoms with Crippen molar-refractivity contribution in [2.45, 2.75) is 39.2 Å². The molecule has 0 aliphatic carbocycles. The van der Waals surface area contributed by atoms with Gasteiger partial charge in [-0.25, -0.2) is 4.79 Å². The fourth-order valence-corrected chi connectivity index (χ4v) is 2.37. The van der Waals surface area contributed by atoms with Crippen LogP contribution >= 0.6 is 0 Å². The van der Waals surface area contributed by atoms with Crippen LogP contribution in [0.2, 0.25) is 0 Å². The van der Waals surface area contributed by atoms with Crippen LogP contribution in [-0.4, -0.2) is 47.5 Å². The van der Waals surface area contributed by atoms with Crippen molar-refractivity contribution in [1.82, 2.24) is 4.90 Å². The highest BCUT2D eigenvalue weighted by Crippen LogP contribution is 2.25. The number of hydrogen-bond acceptors (Lipinski definition) is 4. The first-order valence-electron chi connectivity index (χ1n) is 6.48. The molecule has 0 aromatic heterocycles. The average Bonchev–Trinajstić information content (AvgIpc) is 2.83. The number of hydrogen-bond donors (Lipinski definition) is 1. The normalized spacial score (nSPS) is 20.4. The molecule has 19 heavy (non-hydrogen) atoms. The third kappa shape index (κ3) is 3.68. The summed E-state index contributed by atoms with van der Waals surface area (Å²) in [6, 6.07) is -0.758. The Balaban J connectivity index is 2.81. The van der Waals surface area contributed by atoms with Crippen LogP contribution in [0.3, 0.4) is 0 Å². The number of ether oxygens (including phenoxy) is 1. The predicted octanol–water partition coefficient (Wildman–Crippen LogP) is 0.897. The fraction of sp³-hybridized carbons (Fsp3) is 0.769. The minimum Gasteiger partial charge on any atom is -0.480 e. The zero-order valence-electron chi connectivity index (χ0n) is 11.6. The van der Waals surface area contributed by atoms with E-state index in [1.165, 1.54) is 12.0 Å². The maximum atomic E-state index is 12.4. The highest BCUT2D eigenvalue weighted by Gasteiger charge is 2.38. The van der Waals surface area contributed by atoms with Crippen LogP contribution in [0.15, 0.2) is 0 Å². The van der Waals surface area contributed by atoms with E-state index in [4.69, 9.17) is 5.11 Å². The van der Waals surface area contributed by atoms with Gasteiger partial charge in [-0.3, -0.25) is 9.59 Å². The molecule has 1 amide bonds. The summed E-state index contributed by atoms with van der Waals surface area (Å²) in [4.78, 5) is 36.2. The van der Waals surface area contributed by atoms with Gasteiger partial charge in [0.1, 0.15) is 6.04 Å². The van der Waals surface area contributed by atoms with Gasteiger partial charge in [0.05, 0.1) is 19.4 Å². The van der Waals surface area contributed by atoms with E-state index in [1.54, 1.807) is 0 Å². The molecule has 0 aromatic rings. The van der Waals surface area contributed by atoms with Crippen molar-refractivity contribution in [3.63, 3.8) is 0 Å². The molecule has 108 valence electrons. The zero-order valence-corrected chi connectivity index (χ0v) is 11.6. The summed E-state index contributed by atoms with van der Waals surface area (Å²) in [5.41, 5.74) is 0. The first kappa shape index (κ1) is 15.5. The number of likely N-dealkylation sites (tertiary alicyclic amines) is 1. The van der Waals surface area contributed by atoms with Crippen molar-refractivity contribution in [1.29, 1.82) is 0 Å². The molecule has 1 saturated heterocycles. The standard InChI is InChI=1S/C13H21NO5/c1-8(2)9(7-11(15)19-3)12(16)14-6-4-5-10(14)13(17)18/h8-10H,4-7H2,1-3H3,(H,17,18)/t9-,10?/m0/s1. The van der Waals surface area contributed by atoms with Gasteiger partial charge in [-0.1, -0.05) is 13.8 Å². The van der Waals surface area contributed by atoms with Crippen LogP contribution in [0, 0.1) is 11.8 Å². The number of esters is 1. The Morgan fingerprint density at radius 3 is 2.47 bits per heavy atom. The number of carbonyl (C=O) groups excluding carboxylic acids is 2. The SMILES string of the molecule is COC(=O)C[C@H](C(=O)N1CCCC1C(=O)O)C(C)C. The molecular weight excluding hydrogens is 250 g/mol. The number of carbonyl (C=O) groups is 3. The smallest absolute Gasteiger partial charge is 0.326 e. The predicted molar refractivity (Wildman–Crippen MR) is 67.3 cm³/mol. The lowest BCUT2D eigenvalue weighted by Gasteiger charge is -2.28. The number of amides is 1. The lowest BCUT2D eigenvalue weighted by atomic mass is 9.91. The molecular formula is C13H21NO5. The fourth-order valence-electron chi connectivity index (χ4n) is 2.37. The van der Waals surface area contributed by atoms with Gasteiger partial charge in [0.15, 0.2) is 0 Å². The van der Waals surface area contributed by atoms with Gasteiger partial charge < -0.3 is 14.7 Å². The van der Waals surface area contributed by atoms with Crippen LogP contribution in [0.4, 0.5) is 0 Å². The Kier molecular flexibility index (Phi) is 5.32. The molecule has 1 unspecified atom stereocenters. The van der Waals surface area contributed by atoms with E-state index in [1.807, 2.05) is 13.8 Å². The van der Waals surface area contributed by atoms with E-state index in [2.05, 4.69) is 4.74 Å². The third-order valence-electron chi connectivity index (χ3n) is 3.56. The quantitative estimate of drug-likeness (QED) is 0.751. The summed E-state index contributed by atoms with van der Waals surface area (Å²) in [6.07, 6.45) is 1.16. The van der Waals surface area contributed by atoms with E-state index >= 15 is 0 Å². The molecule has 2 atom stereocenters. The molecule has 1 N–H and O–H groups in total. The maximum Gasteiger partial charge on any atom is 0.326 e. The number of carboxylic acids is 1. The molecule has 0 radical (unpaired) electrons. The largest absolute Gasteiger partial charge is 0.480 e. The lowest BCUT2D eigenvalue weighted by molar-refractivity contribution is -0.153. The minimum absolute atomic E-state index is 0.00413. The van der Waals surface area contributed by atoms with Gasteiger partial charge >= 0.3 is 11.9 Å². The molecule has 1 rings (SSSR count). The Morgan fingerprint density at radius 1 is 1.37 bits per heavy atom. The minimum atomic E-state index is -0.980. The second-order valence-electron chi connectivity index (χ2n) is 5.16. The van der Waals surface area contributed by atoms with Gasteiger partial charge in [-0.05, 0) is 18.8 Å². The maximum absolute atomic E-state index is 12.4. The zero-order chi connectivity index (χ0) is 14.6. The third-order valence-corrected chi connectivity index (χ3v) is 3.56. The van der Waals surface area contributed by atoms with Crippen molar-refractivity contribution < 1.29 is 24.2 Å². The van der Waals surface area contributed by atoms with Crippen LogP contribution in [-0.2, 0) is 19.1 Å². The van der Waals surface area contributed by atoms with Gasteiger partial charge in [0, 0.05) is 6.54 Å². The number of methoxy groups -OCH3 is 1. The van der Waals surface area contributed by atoms with Crippen LogP contribution in [0.1, 0.15) is 33.1 Å². The average molecular weight is 271 g/mol. The van der Waals surface area contributed by atoms with Crippen molar-refractivity contribution in [2.75, 3.05) is 13.7 Å². The molecule has 0 saturated carbocycles. The Labute approximate surface area is 112 Å². The number of nitrogens with zero attached hydrogens (tertiary/aromatic N) is 1. The van der Waals surface area contributed by atoms with Crippen molar-refractivity contribution in [2.24, 2.45) is 11.8 Å². The molecule has 1 aliphatic rings. The van der Waals surface area contributed by atoms with Crippen molar-refractivity contribution >= 4 is 17.8 Å². The van der Waals surface area contributed by atoms with Crippen LogP contribution in [0.25, 0.3) is 0 Å². The van der Waals surface area contributed by atoms with Gasteiger partial charge in [-0.15, -0.1) is 0 Å². The second-order valence-corrected chi connectivity index (χ2v) is 5.16. The summed E-state index contributed by atoms with van der Waals surface area (Å²) < 4.78 is 4.59. The Hall–Kier alpha value is -1.59. The first-order chi connectivity index (χ1) is 8.88. The number of carboxylic acid groups (broad SMARTS) is 1. The highest BCUT2D eigenvalue weighted by atomic mass is 16.5. The number of rotatable bonds is 5. The summed E-state index contributed by atoms with van der Waals surface area (Å²) in [7, 11) is 1.28. The summed E-state index contributed by atoms with van der Waals surface area (Å²) in [6.45, 7) is 4.13. The van der Waals surface area contributed by atoms with Crippen LogP contribution < -0.4 is 0 Å². The Bertz CT molecular complexity index is 366. The molecule has 0 bridgehead atoms. The van der Waals surface area contributed by atoms with Crippen molar-refractivity contribution in [3.05, 3.63) is 0 Å². The van der Waals surface area contributed by atoms with Crippen LogP contribution in [0.5, 0.6) is 0 Å². The van der Waals surface area contributed by atoms with E-state index in [0.29, 0.717) is 19.4 Å². The topological polar surface area (TPSA) is 83.9 Å². The molecule has 1 aliphatic heterocycles. The first-order valence-corrected chi connectivity index (χ1v) is 6.48. The number of aliphatic carboxylic acids is 1. The van der Waals surface area contributed by atoms with E-state index in [0.717, 1.165) is 0 Å². The molecule has 6 heteroatoms. The monoisotopic (exact) mass is 271 g/mol. The van der Waals surface area contributed by atoms with Gasteiger partial charge in [0.25, 0.3) is 0 Å². The van der Waals surface area contributed by atoms with E-state index in [9.17, 15) is 14.4 Å². The van der Waals surface area contributed by atoms with E-state index in [-0.39, 0.29) is 18.2 Å². The second kappa shape index (κ2) is 6.54. The van der Waals surface area contributed by atoms with E-state index < -0.39 is 23.9 Å². The molecule has 0 spiro atoms. The van der Waals surface area contributed by atoms with Gasteiger partial charge in [0.2, 0.25) is 5.91 Å². The van der Waals surface area contributed by atoms with Crippen molar-refractivity contribution in [3.8, 4) is 0 Å². The summed E-state index contributed by atoms with van der Waals surface area (Å²) in [5, 5.41) is 9.10. The lowest BCUT2D eigenvalue weighted by Crippen LogP contribution is -2.45. The summed E-state index contributed by atoms with van der Waals surface area (Å²) >= 11 is 0. The highest BCUT2D eigenvalue weighted by molar-refractivity contribution is 5.88. The Morgan fingerprint density at radius 2 is 2.00 bits per heavy atom.